The summed E-state index contributed by atoms with van der Waals surface area (Å²) in [5.41, 5.74) is 0.808. The highest BCUT2D eigenvalue weighted by atomic mass is 32.1. The van der Waals surface area contributed by atoms with Gasteiger partial charge in [0.2, 0.25) is 11.8 Å². The van der Waals surface area contributed by atoms with Crippen LogP contribution < -0.4 is 4.90 Å². The summed E-state index contributed by atoms with van der Waals surface area (Å²) in [7, 11) is 0. The summed E-state index contributed by atoms with van der Waals surface area (Å²) in [6, 6.07) is 1.86. The van der Waals surface area contributed by atoms with Gasteiger partial charge in [-0.2, -0.15) is 12.6 Å². The van der Waals surface area contributed by atoms with Gasteiger partial charge in [-0.3, -0.25) is 9.69 Å². The molecule has 0 spiro atoms. The molecule has 1 unspecified atom stereocenters. The van der Waals surface area contributed by atoms with Crippen molar-refractivity contribution >= 4 is 24.4 Å². The van der Waals surface area contributed by atoms with Gasteiger partial charge in [0.15, 0.2) is 0 Å². The van der Waals surface area contributed by atoms with Crippen molar-refractivity contribution in [3.63, 3.8) is 0 Å². The van der Waals surface area contributed by atoms with Gasteiger partial charge in [0.1, 0.15) is 0 Å². The summed E-state index contributed by atoms with van der Waals surface area (Å²) in [5, 5.41) is 4.03. The predicted octanol–water partition coefficient (Wildman–Crippen LogP) is 2.25. The fourth-order valence-corrected chi connectivity index (χ4v) is 2.11. The molecule has 1 aliphatic rings. The highest BCUT2D eigenvalue weighted by Crippen LogP contribution is 2.29. The maximum absolute atomic E-state index is 11.8. The van der Waals surface area contributed by atoms with Gasteiger partial charge >= 0.3 is 0 Å². The first-order valence-electron chi connectivity index (χ1n) is 5.80. The van der Waals surface area contributed by atoms with Crippen LogP contribution >= 0.6 is 12.6 Å². The van der Waals surface area contributed by atoms with Crippen LogP contribution in [0.4, 0.5) is 5.88 Å². The van der Waals surface area contributed by atoms with E-state index in [1.54, 1.807) is 4.90 Å². The summed E-state index contributed by atoms with van der Waals surface area (Å²) in [5.74, 6) is 1.70. The molecule has 17 heavy (non-hydrogen) atoms. The Labute approximate surface area is 107 Å². The minimum absolute atomic E-state index is 0.0620. The summed E-state index contributed by atoms with van der Waals surface area (Å²) >= 11 is 4.24. The first kappa shape index (κ1) is 12.5. The number of anilines is 1. The average Bonchev–Trinajstić information content (AvgIpc) is 2.82. The lowest BCUT2D eigenvalue weighted by Gasteiger charge is -2.13. The van der Waals surface area contributed by atoms with Crippen LogP contribution in [0, 0.1) is 5.92 Å². The van der Waals surface area contributed by atoms with Gasteiger partial charge < -0.3 is 4.52 Å². The highest BCUT2D eigenvalue weighted by Gasteiger charge is 2.32. The second-order valence-corrected chi connectivity index (χ2v) is 5.92. The third-order valence-electron chi connectivity index (χ3n) is 3.00. The molecule has 5 heteroatoms. The molecule has 4 nitrogen and oxygen atoms in total. The topological polar surface area (TPSA) is 46.3 Å². The minimum atomic E-state index is -0.0620. The van der Waals surface area contributed by atoms with Crippen molar-refractivity contribution in [2.45, 2.75) is 32.6 Å². The molecule has 0 N–H and O–H groups in total. The fourth-order valence-electron chi connectivity index (χ4n) is 1.86. The molecule has 0 aromatic carbocycles. The van der Waals surface area contributed by atoms with Gasteiger partial charge in [0, 0.05) is 24.4 Å². The molecular weight excluding hydrogens is 236 g/mol. The van der Waals surface area contributed by atoms with Crippen LogP contribution in [0.3, 0.4) is 0 Å². The molecule has 0 aliphatic carbocycles. The first-order valence-corrected chi connectivity index (χ1v) is 6.43. The Morgan fingerprint density at radius 2 is 2.29 bits per heavy atom. The Hall–Kier alpha value is -0.970. The first-order chi connectivity index (χ1) is 7.91. The van der Waals surface area contributed by atoms with Crippen LogP contribution in [0.5, 0.6) is 0 Å². The summed E-state index contributed by atoms with van der Waals surface area (Å²) < 4.78 is 5.27. The van der Waals surface area contributed by atoms with E-state index in [0.29, 0.717) is 24.8 Å². The molecule has 2 rings (SSSR count). The molecule has 2 heterocycles. The van der Waals surface area contributed by atoms with Crippen molar-refractivity contribution in [2.75, 3.05) is 17.2 Å². The number of nitrogens with zero attached hydrogens (tertiary/aromatic N) is 2. The van der Waals surface area contributed by atoms with E-state index in [1.807, 2.05) is 6.07 Å². The normalized spacial score (nSPS) is 21.3. The SMILES string of the molecule is CC(C)(C)c1cc(N2CC(CS)CC2=O)on1. The molecule has 1 saturated heterocycles. The molecule has 0 saturated carbocycles. The van der Waals surface area contributed by atoms with E-state index in [4.69, 9.17) is 4.52 Å². The molecule has 1 aromatic heterocycles. The Balaban J connectivity index is 2.19. The van der Waals surface area contributed by atoms with Crippen molar-refractivity contribution < 1.29 is 9.32 Å². The van der Waals surface area contributed by atoms with Crippen LogP contribution in [0.2, 0.25) is 0 Å². The smallest absolute Gasteiger partial charge is 0.234 e. The third-order valence-corrected chi connectivity index (χ3v) is 3.51. The number of hydrogen-bond donors (Lipinski definition) is 1. The Bertz CT molecular complexity index is 422. The minimum Gasteiger partial charge on any atom is -0.338 e. The molecule has 0 radical (unpaired) electrons. The zero-order valence-electron chi connectivity index (χ0n) is 10.4. The number of thiol groups is 1. The van der Waals surface area contributed by atoms with Crippen LogP contribution in [0.15, 0.2) is 10.6 Å². The van der Waals surface area contributed by atoms with E-state index < -0.39 is 0 Å². The predicted molar refractivity (Wildman–Crippen MR) is 69.5 cm³/mol. The zero-order chi connectivity index (χ0) is 12.6. The number of aromatic nitrogens is 1. The lowest BCUT2D eigenvalue weighted by atomic mass is 9.92. The number of rotatable bonds is 2. The van der Waals surface area contributed by atoms with Crippen molar-refractivity contribution in [2.24, 2.45) is 5.92 Å². The van der Waals surface area contributed by atoms with E-state index >= 15 is 0 Å². The Morgan fingerprint density at radius 1 is 1.59 bits per heavy atom. The van der Waals surface area contributed by atoms with E-state index in [2.05, 4.69) is 38.6 Å². The standard InChI is InChI=1S/C12H18N2O2S/c1-12(2,3)9-5-11(16-13-9)14-6-8(7-17)4-10(14)15/h5,8,17H,4,6-7H2,1-3H3. The van der Waals surface area contributed by atoms with Crippen LogP contribution in [-0.4, -0.2) is 23.4 Å². The monoisotopic (exact) mass is 254 g/mol. The summed E-state index contributed by atoms with van der Waals surface area (Å²) in [4.78, 5) is 13.5. The quantitative estimate of drug-likeness (QED) is 0.823. The van der Waals surface area contributed by atoms with Crippen molar-refractivity contribution in [1.29, 1.82) is 0 Å². The highest BCUT2D eigenvalue weighted by molar-refractivity contribution is 7.80. The molecule has 1 atom stereocenters. The molecule has 1 amide bonds. The van der Waals surface area contributed by atoms with E-state index in [9.17, 15) is 4.79 Å². The van der Waals surface area contributed by atoms with Gasteiger partial charge in [0.05, 0.1) is 5.69 Å². The summed E-state index contributed by atoms with van der Waals surface area (Å²) in [6.45, 7) is 6.88. The van der Waals surface area contributed by atoms with Crippen LogP contribution in [-0.2, 0) is 10.2 Å². The van der Waals surface area contributed by atoms with Crippen molar-refractivity contribution in [3.8, 4) is 0 Å². The second kappa shape index (κ2) is 4.37. The zero-order valence-corrected chi connectivity index (χ0v) is 11.3. The second-order valence-electron chi connectivity index (χ2n) is 5.56. The summed E-state index contributed by atoms with van der Waals surface area (Å²) in [6.07, 6.45) is 0.551. The lowest BCUT2D eigenvalue weighted by molar-refractivity contribution is -0.117. The van der Waals surface area contributed by atoms with E-state index in [0.717, 1.165) is 11.4 Å². The molecule has 1 fully saturated rings. The maximum atomic E-state index is 11.8. The van der Waals surface area contributed by atoms with Gasteiger partial charge in [-0.05, 0) is 11.7 Å². The number of carbonyl (C=O) groups excluding carboxylic acids is 1. The van der Waals surface area contributed by atoms with Crippen LogP contribution in [0.1, 0.15) is 32.9 Å². The molecular formula is C12H18N2O2S. The van der Waals surface area contributed by atoms with Gasteiger partial charge in [-0.1, -0.05) is 25.9 Å². The molecule has 94 valence electrons. The fraction of sp³-hybridized carbons (Fsp3) is 0.667. The number of hydrogen-bond acceptors (Lipinski definition) is 4. The van der Waals surface area contributed by atoms with Gasteiger partial charge in [0.25, 0.3) is 0 Å². The average molecular weight is 254 g/mol. The number of amides is 1. The third kappa shape index (κ3) is 2.49. The Morgan fingerprint density at radius 3 is 2.76 bits per heavy atom. The Kier molecular flexibility index (Phi) is 3.21. The van der Waals surface area contributed by atoms with E-state index in [1.165, 1.54) is 0 Å². The number of carbonyl (C=O) groups is 1. The molecule has 1 aromatic rings. The van der Waals surface area contributed by atoms with Crippen molar-refractivity contribution in [3.05, 3.63) is 11.8 Å². The molecule has 1 aliphatic heterocycles. The maximum Gasteiger partial charge on any atom is 0.234 e. The molecule has 0 bridgehead atoms. The lowest BCUT2D eigenvalue weighted by Crippen LogP contribution is -2.24. The van der Waals surface area contributed by atoms with E-state index in [-0.39, 0.29) is 11.3 Å². The van der Waals surface area contributed by atoms with Gasteiger partial charge in [-0.15, -0.1) is 0 Å². The van der Waals surface area contributed by atoms with Gasteiger partial charge in [-0.25, -0.2) is 0 Å². The largest absolute Gasteiger partial charge is 0.338 e. The van der Waals surface area contributed by atoms with Crippen molar-refractivity contribution in [1.82, 2.24) is 5.16 Å². The van der Waals surface area contributed by atoms with Crippen LogP contribution in [0.25, 0.3) is 0 Å².